The van der Waals surface area contributed by atoms with E-state index < -0.39 is 0 Å². The largest absolute Gasteiger partial charge is 0.336 e. The third-order valence-electron chi connectivity index (χ3n) is 5.04. The van der Waals surface area contributed by atoms with Crippen molar-refractivity contribution in [2.24, 2.45) is 0 Å². The van der Waals surface area contributed by atoms with Crippen LogP contribution >= 0.6 is 0 Å². The van der Waals surface area contributed by atoms with E-state index in [-0.39, 0.29) is 5.91 Å². The average Bonchev–Trinajstić information content (AvgIpc) is 2.97. The van der Waals surface area contributed by atoms with Crippen molar-refractivity contribution in [2.45, 2.75) is 25.3 Å². The first kappa shape index (κ1) is 16.0. The quantitative estimate of drug-likeness (QED) is 0.924. The Morgan fingerprint density at radius 2 is 1.76 bits per heavy atom. The first-order valence-electron chi connectivity index (χ1n) is 8.93. The number of carbonyl (C=O) groups is 1. The summed E-state index contributed by atoms with van der Waals surface area (Å²) in [5.41, 5.74) is 1.64. The van der Waals surface area contributed by atoms with Crippen molar-refractivity contribution in [3.05, 3.63) is 48.3 Å². The van der Waals surface area contributed by atoms with E-state index in [1.807, 2.05) is 30.3 Å². The summed E-state index contributed by atoms with van der Waals surface area (Å²) < 4.78 is 0. The maximum atomic E-state index is 12.1. The summed E-state index contributed by atoms with van der Waals surface area (Å²) in [5, 5.41) is 2.88. The molecule has 0 spiro atoms. The van der Waals surface area contributed by atoms with Gasteiger partial charge in [0.05, 0.1) is 24.5 Å². The van der Waals surface area contributed by atoms with Crippen LogP contribution in [0.4, 0.5) is 11.6 Å². The molecule has 0 unspecified atom stereocenters. The number of carbonyl (C=O) groups excluding carboxylic acids is 1. The molecular weight excluding hydrogens is 314 g/mol. The van der Waals surface area contributed by atoms with Crippen LogP contribution in [-0.2, 0) is 11.2 Å². The maximum Gasteiger partial charge on any atom is 0.228 e. The summed E-state index contributed by atoms with van der Waals surface area (Å²) in [6.45, 7) is 4.41. The van der Waals surface area contributed by atoms with Crippen LogP contribution in [0.3, 0.4) is 0 Å². The highest BCUT2D eigenvalue weighted by Crippen LogP contribution is 2.24. The zero-order valence-electron chi connectivity index (χ0n) is 14.3. The number of rotatable bonds is 4. The molecule has 0 aliphatic carbocycles. The van der Waals surface area contributed by atoms with E-state index >= 15 is 0 Å². The molecule has 130 valence electrons. The van der Waals surface area contributed by atoms with Crippen LogP contribution in [-0.4, -0.2) is 53.0 Å². The smallest absolute Gasteiger partial charge is 0.228 e. The molecule has 5 rings (SSSR count). The Hall–Kier alpha value is -2.47. The van der Waals surface area contributed by atoms with Crippen molar-refractivity contribution < 1.29 is 4.79 Å². The molecule has 0 saturated carbocycles. The second-order valence-corrected chi connectivity index (χ2v) is 6.75. The Morgan fingerprint density at radius 1 is 1.04 bits per heavy atom. The molecule has 6 nitrogen and oxygen atoms in total. The SMILES string of the molecule is O=C(Cc1ccccc1)Nc1cnc(N2CCN3CCC2CC3)nc1. The molecule has 3 aliphatic rings. The van der Waals surface area contributed by atoms with E-state index in [2.05, 4.69) is 25.1 Å². The Morgan fingerprint density at radius 3 is 2.48 bits per heavy atom. The van der Waals surface area contributed by atoms with Gasteiger partial charge >= 0.3 is 0 Å². The molecule has 3 fully saturated rings. The number of aromatic nitrogens is 2. The average molecular weight is 337 g/mol. The van der Waals surface area contributed by atoms with E-state index in [9.17, 15) is 4.79 Å². The number of fused-ring (bicyclic) bond motifs is 4. The zero-order valence-corrected chi connectivity index (χ0v) is 14.3. The minimum Gasteiger partial charge on any atom is -0.336 e. The van der Waals surface area contributed by atoms with Gasteiger partial charge in [0.1, 0.15) is 0 Å². The van der Waals surface area contributed by atoms with Crippen LogP contribution in [0.5, 0.6) is 0 Å². The van der Waals surface area contributed by atoms with Crippen LogP contribution in [0.1, 0.15) is 18.4 Å². The van der Waals surface area contributed by atoms with Crippen LogP contribution in [0.25, 0.3) is 0 Å². The lowest BCUT2D eigenvalue weighted by Crippen LogP contribution is -2.38. The normalized spacial score (nSPS) is 22.5. The highest BCUT2D eigenvalue weighted by Gasteiger charge is 2.30. The molecule has 6 heteroatoms. The maximum absolute atomic E-state index is 12.1. The van der Waals surface area contributed by atoms with Gasteiger partial charge in [-0.25, -0.2) is 9.97 Å². The van der Waals surface area contributed by atoms with E-state index in [1.165, 1.54) is 25.9 Å². The fourth-order valence-corrected chi connectivity index (χ4v) is 3.67. The summed E-state index contributed by atoms with van der Waals surface area (Å²) in [4.78, 5) is 26.0. The van der Waals surface area contributed by atoms with Gasteiger partial charge in [0.2, 0.25) is 11.9 Å². The molecule has 1 amide bonds. The predicted molar refractivity (Wildman–Crippen MR) is 97.6 cm³/mol. The van der Waals surface area contributed by atoms with Gasteiger partial charge in [0, 0.05) is 32.2 Å². The number of nitrogens with one attached hydrogen (secondary N) is 1. The molecule has 4 heterocycles. The first-order chi connectivity index (χ1) is 12.3. The summed E-state index contributed by atoms with van der Waals surface area (Å²) in [7, 11) is 0. The Bertz CT molecular complexity index is 710. The van der Waals surface area contributed by atoms with E-state index in [4.69, 9.17) is 0 Å². The third-order valence-corrected chi connectivity index (χ3v) is 5.04. The predicted octanol–water partition coefficient (Wildman–Crippen LogP) is 1.94. The van der Waals surface area contributed by atoms with Crippen LogP contribution in [0.15, 0.2) is 42.7 Å². The molecular formula is C19H23N5O. The van der Waals surface area contributed by atoms with E-state index in [1.54, 1.807) is 12.4 Å². The van der Waals surface area contributed by atoms with Crippen molar-refractivity contribution >= 4 is 17.5 Å². The standard InChI is InChI=1S/C19H23N5O/c25-18(12-15-4-2-1-3-5-15)22-16-13-20-19(21-14-16)24-11-10-23-8-6-17(24)7-9-23/h1-5,13-14,17H,6-12H2,(H,22,25). The summed E-state index contributed by atoms with van der Waals surface area (Å²) in [6.07, 6.45) is 6.14. The topological polar surface area (TPSA) is 61.4 Å². The number of anilines is 2. The number of hydrogen-bond acceptors (Lipinski definition) is 5. The number of amides is 1. The highest BCUT2D eigenvalue weighted by molar-refractivity contribution is 5.91. The molecule has 1 aromatic carbocycles. The Balaban J connectivity index is 1.39. The van der Waals surface area contributed by atoms with Crippen molar-refractivity contribution in [3.63, 3.8) is 0 Å². The molecule has 0 radical (unpaired) electrons. The lowest BCUT2D eigenvalue weighted by atomic mass is 10.1. The van der Waals surface area contributed by atoms with Gasteiger partial charge in [-0.15, -0.1) is 0 Å². The summed E-state index contributed by atoms with van der Waals surface area (Å²) in [6, 6.07) is 10.3. The fourth-order valence-electron chi connectivity index (χ4n) is 3.67. The second kappa shape index (κ2) is 7.19. The number of nitrogens with zero attached hydrogens (tertiary/aromatic N) is 4. The van der Waals surface area contributed by atoms with Gasteiger partial charge < -0.3 is 15.1 Å². The summed E-state index contributed by atoms with van der Waals surface area (Å²) in [5.74, 6) is 0.721. The van der Waals surface area contributed by atoms with Gasteiger partial charge in [-0.2, -0.15) is 0 Å². The van der Waals surface area contributed by atoms with Gasteiger partial charge in [-0.3, -0.25) is 4.79 Å². The Kier molecular flexibility index (Phi) is 4.61. The molecule has 2 aromatic rings. The number of hydrogen-bond donors (Lipinski definition) is 1. The van der Waals surface area contributed by atoms with Crippen LogP contribution in [0.2, 0.25) is 0 Å². The molecule has 1 aromatic heterocycles. The second-order valence-electron chi connectivity index (χ2n) is 6.75. The van der Waals surface area contributed by atoms with Gasteiger partial charge in [-0.05, 0) is 18.4 Å². The number of benzene rings is 1. The summed E-state index contributed by atoms with van der Waals surface area (Å²) >= 11 is 0. The first-order valence-corrected chi connectivity index (χ1v) is 8.93. The minimum absolute atomic E-state index is 0.0521. The van der Waals surface area contributed by atoms with Gasteiger partial charge in [-0.1, -0.05) is 30.3 Å². The van der Waals surface area contributed by atoms with Crippen molar-refractivity contribution in [1.82, 2.24) is 14.9 Å². The third kappa shape index (κ3) is 3.79. The van der Waals surface area contributed by atoms with E-state index in [0.717, 1.165) is 24.6 Å². The molecule has 2 bridgehead atoms. The van der Waals surface area contributed by atoms with Crippen molar-refractivity contribution in [2.75, 3.05) is 36.4 Å². The van der Waals surface area contributed by atoms with Gasteiger partial charge in [0.25, 0.3) is 0 Å². The monoisotopic (exact) mass is 337 g/mol. The molecule has 3 saturated heterocycles. The minimum atomic E-state index is -0.0521. The molecule has 1 N–H and O–H groups in total. The van der Waals surface area contributed by atoms with Crippen molar-refractivity contribution in [3.8, 4) is 0 Å². The van der Waals surface area contributed by atoms with E-state index in [0.29, 0.717) is 18.2 Å². The lowest BCUT2D eigenvalue weighted by molar-refractivity contribution is -0.115. The van der Waals surface area contributed by atoms with Crippen LogP contribution < -0.4 is 10.2 Å². The number of piperidine rings is 1. The highest BCUT2D eigenvalue weighted by atomic mass is 16.1. The fraction of sp³-hybridized carbons (Fsp3) is 0.421. The van der Waals surface area contributed by atoms with Gasteiger partial charge in [0.15, 0.2) is 0 Å². The Labute approximate surface area is 147 Å². The molecule has 3 aliphatic heterocycles. The lowest BCUT2D eigenvalue weighted by Gasteiger charge is -2.31. The van der Waals surface area contributed by atoms with Crippen molar-refractivity contribution in [1.29, 1.82) is 0 Å². The van der Waals surface area contributed by atoms with Crippen LogP contribution in [0, 0.1) is 0 Å². The zero-order chi connectivity index (χ0) is 17.1. The molecule has 25 heavy (non-hydrogen) atoms. The molecule has 0 atom stereocenters.